The lowest BCUT2D eigenvalue weighted by molar-refractivity contribution is 0.278. The number of nitrogens with two attached hydrogens (primary N) is 1. The van der Waals surface area contributed by atoms with E-state index >= 15 is 0 Å². The first kappa shape index (κ1) is 11.6. The normalized spacial score (nSPS) is 33.1. The Balaban J connectivity index is 1.55. The van der Waals surface area contributed by atoms with Crippen LogP contribution in [0.5, 0.6) is 0 Å². The minimum atomic E-state index is 0.430. The van der Waals surface area contributed by atoms with Crippen LogP contribution in [-0.4, -0.2) is 11.0 Å². The number of hydrogen-bond donors (Lipinski definition) is 2. The third kappa shape index (κ3) is 2.54. The van der Waals surface area contributed by atoms with E-state index in [2.05, 4.69) is 10.4 Å². The molecule has 3 nitrogen and oxygen atoms in total. The maximum atomic E-state index is 5.70. The van der Waals surface area contributed by atoms with Crippen LogP contribution in [0.4, 0.5) is 0 Å². The van der Waals surface area contributed by atoms with Gasteiger partial charge in [-0.05, 0) is 43.4 Å². The molecule has 0 radical (unpaired) electrons. The minimum Gasteiger partial charge on any atom is -0.271 e. The predicted molar refractivity (Wildman–Crippen MR) is 70.5 cm³/mol. The Hall–Kier alpha value is -0.450. The second kappa shape index (κ2) is 5.04. The Morgan fingerprint density at radius 2 is 2.41 bits per heavy atom. The first-order chi connectivity index (χ1) is 8.35. The van der Waals surface area contributed by atoms with Crippen LogP contribution in [0, 0.1) is 17.8 Å². The van der Waals surface area contributed by atoms with Gasteiger partial charge in [0.2, 0.25) is 0 Å². The molecule has 2 aliphatic rings. The van der Waals surface area contributed by atoms with E-state index in [1.165, 1.54) is 37.0 Å². The highest BCUT2D eigenvalue weighted by Crippen LogP contribution is 2.49. The Bertz CT molecular complexity index is 352. The first-order valence-electron chi connectivity index (χ1n) is 6.68. The molecule has 0 aliphatic heterocycles. The van der Waals surface area contributed by atoms with Crippen LogP contribution in [-0.2, 0) is 6.42 Å². The van der Waals surface area contributed by atoms with E-state index in [-0.39, 0.29) is 0 Å². The van der Waals surface area contributed by atoms with Gasteiger partial charge in [0, 0.05) is 23.5 Å². The SMILES string of the molecule is NNC(Cc1cncs1)CC1CC2CCC1C2. The van der Waals surface area contributed by atoms with Crippen LogP contribution in [0.25, 0.3) is 0 Å². The van der Waals surface area contributed by atoms with Crippen molar-refractivity contribution in [2.24, 2.45) is 23.6 Å². The van der Waals surface area contributed by atoms with Crippen molar-refractivity contribution in [1.29, 1.82) is 0 Å². The number of hydrogen-bond acceptors (Lipinski definition) is 4. The van der Waals surface area contributed by atoms with Gasteiger partial charge >= 0.3 is 0 Å². The van der Waals surface area contributed by atoms with Gasteiger partial charge in [-0.3, -0.25) is 16.3 Å². The molecule has 4 atom stereocenters. The lowest BCUT2D eigenvalue weighted by Crippen LogP contribution is -2.38. The van der Waals surface area contributed by atoms with Gasteiger partial charge in [0.05, 0.1) is 5.51 Å². The summed E-state index contributed by atoms with van der Waals surface area (Å²) in [4.78, 5) is 5.47. The molecule has 3 N–H and O–H groups in total. The number of aromatic nitrogens is 1. The van der Waals surface area contributed by atoms with Crippen molar-refractivity contribution in [1.82, 2.24) is 10.4 Å². The van der Waals surface area contributed by atoms with Gasteiger partial charge in [0.25, 0.3) is 0 Å². The molecule has 1 heterocycles. The minimum absolute atomic E-state index is 0.430. The summed E-state index contributed by atoms with van der Waals surface area (Å²) in [6, 6.07) is 0.430. The second-order valence-corrected chi connectivity index (χ2v) is 6.68. The zero-order valence-corrected chi connectivity index (χ0v) is 11.0. The van der Waals surface area contributed by atoms with E-state index in [1.54, 1.807) is 11.3 Å². The Labute approximate surface area is 107 Å². The molecular formula is C13H21N3S. The molecule has 0 amide bonds. The fraction of sp³-hybridized carbons (Fsp3) is 0.769. The number of hydrazine groups is 1. The maximum Gasteiger partial charge on any atom is 0.0794 e. The fourth-order valence-corrected chi connectivity index (χ4v) is 4.50. The van der Waals surface area contributed by atoms with Crippen molar-refractivity contribution in [2.45, 2.75) is 44.6 Å². The van der Waals surface area contributed by atoms with Gasteiger partial charge in [-0.1, -0.05) is 6.42 Å². The van der Waals surface area contributed by atoms with E-state index in [0.29, 0.717) is 6.04 Å². The smallest absolute Gasteiger partial charge is 0.0794 e. The van der Waals surface area contributed by atoms with Crippen molar-refractivity contribution < 1.29 is 0 Å². The zero-order valence-electron chi connectivity index (χ0n) is 10.1. The van der Waals surface area contributed by atoms with Crippen molar-refractivity contribution >= 4 is 11.3 Å². The quantitative estimate of drug-likeness (QED) is 0.624. The summed E-state index contributed by atoms with van der Waals surface area (Å²) in [5.74, 6) is 8.65. The van der Waals surface area contributed by atoms with E-state index in [0.717, 1.165) is 24.2 Å². The standard InChI is InChI=1S/C13H21N3S/c14-16-12(6-13-7-15-8-17-13)5-11-4-9-1-2-10(11)3-9/h7-12,16H,1-6,14H2. The van der Waals surface area contributed by atoms with Crippen molar-refractivity contribution in [2.75, 3.05) is 0 Å². The maximum absolute atomic E-state index is 5.70. The molecule has 4 heteroatoms. The van der Waals surface area contributed by atoms with Gasteiger partial charge < -0.3 is 0 Å². The van der Waals surface area contributed by atoms with Gasteiger partial charge in [0.15, 0.2) is 0 Å². The average molecular weight is 251 g/mol. The summed E-state index contributed by atoms with van der Waals surface area (Å²) >= 11 is 1.73. The Morgan fingerprint density at radius 3 is 3.00 bits per heavy atom. The van der Waals surface area contributed by atoms with Crippen LogP contribution < -0.4 is 11.3 Å². The molecule has 1 aromatic heterocycles. The molecule has 2 bridgehead atoms. The number of thiazole rings is 1. The molecule has 2 saturated carbocycles. The van der Waals surface area contributed by atoms with Crippen molar-refractivity contribution in [3.8, 4) is 0 Å². The number of fused-ring (bicyclic) bond motifs is 2. The molecule has 4 unspecified atom stereocenters. The molecule has 0 aromatic carbocycles. The number of rotatable bonds is 5. The lowest BCUT2D eigenvalue weighted by Gasteiger charge is -2.26. The van der Waals surface area contributed by atoms with Crippen molar-refractivity contribution in [3.63, 3.8) is 0 Å². The van der Waals surface area contributed by atoms with Crippen LogP contribution in [0.15, 0.2) is 11.7 Å². The van der Waals surface area contributed by atoms with Gasteiger partial charge in [-0.25, -0.2) is 0 Å². The van der Waals surface area contributed by atoms with Crippen LogP contribution in [0.1, 0.15) is 37.0 Å². The largest absolute Gasteiger partial charge is 0.271 e. The highest BCUT2D eigenvalue weighted by Gasteiger charge is 2.39. The first-order valence-corrected chi connectivity index (χ1v) is 7.56. The van der Waals surface area contributed by atoms with Gasteiger partial charge in [-0.2, -0.15) is 0 Å². The summed E-state index contributed by atoms with van der Waals surface area (Å²) in [6.45, 7) is 0. The third-order valence-electron chi connectivity index (χ3n) is 4.64. The predicted octanol–water partition coefficient (Wildman–Crippen LogP) is 2.34. The summed E-state index contributed by atoms with van der Waals surface area (Å²) in [6.07, 6.45) is 10.1. The highest BCUT2D eigenvalue weighted by molar-refractivity contribution is 7.09. The van der Waals surface area contributed by atoms with Gasteiger partial charge in [0.1, 0.15) is 0 Å². The molecule has 94 valence electrons. The van der Waals surface area contributed by atoms with E-state index in [1.807, 2.05) is 11.7 Å². The van der Waals surface area contributed by atoms with E-state index in [4.69, 9.17) is 5.84 Å². The highest BCUT2D eigenvalue weighted by atomic mass is 32.1. The van der Waals surface area contributed by atoms with E-state index in [9.17, 15) is 0 Å². The molecule has 3 rings (SSSR count). The molecule has 0 saturated heterocycles. The number of nitrogens with one attached hydrogen (secondary N) is 1. The fourth-order valence-electron chi connectivity index (χ4n) is 3.83. The summed E-state index contributed by atoms with van der Waals surface area (Å²) in [7, 11) is 0. The molecule has 1 aromatic rings. The summed E-state index contributed by atoms with van der Waals surface area (Å²) < 4.78 is 0. The summed E-state index contributed by atoms with van der Waals surface area (Å²) in [5, 5.41) is 0. The Kier molecular flexibility index (Phi) is 3.45. The molecule has 2 aliphatic carbocycles. The van der Waals surface area contributed by atoms with Crippen LogP contribution in [0.3, 0.4) is 0 Å². The monoisotopic (exact) mass is 251 g/mol. The average Bonchev–Trinajstić information content (AvgIpc) is 3.04. The molecule has 2 fully saturated rings. The third-order valence-corrected chi connectivity index (χ3v) is 5.44. The van der Waals surface area contributed by atoms with Crippen LogP contribution in [0.2, 0.25) is 0 Å². The zero-order chi connectivity index (χ0) is 11.7. The Morgan fingerprint density at radius 1 is 1.47 bits per heavy atom. The van der Waals surface area contributed by atoms with Gasteiger partial charge in [-0.15, -0.1) is 11.3 Å². The van der Waals surface area contributed by atoms with E-state index < -0.39 is 0 Å². The second-order valence-electron chi connectivity index (χ2n) is 5.71. The van der Waals surface area contributed by atoms with Crippen LogP contribution >= 0.6 is 11.3 Å². The topological polar surface area (TPSA) is 50.9 Å². The molecular weight excluding hydrogens is 230 g/mol. The molecule has 0 spiro atoms. The number of nitrogens with zero attached hydrogens (tertiary/aromatic N) is 1. The molecule has 17 heavy (non-hydrogen) atoms. The lowest BCUT2D eigenvalue weighted by atomic mass is 9.83. The van der Waals surface area contributed by atoms with Crippen molar-refractivity contribution in [3.05, 3.63) is 16.6 Å². The summed E-state index contributed by atoms with van der Waals surface area (Å²) in [5.41, 5.74) is 4.91.